The number of aromatic nitrogens is 1. The van der Waals surface area contributed by atoms with Gasteiger partial charge in [-0.25, -0.2) is 0 Å². The molecule has 0 saturated heterocycles. The number of nitrogens with two attached hydrogens (primary N) is 1. The zero-order valence-corrected chi connectivity index (χ0v) is 15.5. The highest BCUT2D eigenvalue weighted by Gasteiger charge is 2.16. The zero-order valence-electron chi connectivity index (χ0n) is 14.7. The monoisotopic (exact) mass is 364 g/mol. The van der Waals surface area contributed by atoms with Crippen molar-refractivity contribution in [2.24, 2.45) is 5.73 Å². The van der Waals surface area contributed by atoms with Crippen molar-refractivity contribution in [1.82, 2.24) is 4.98 Å². The van der Waals surface area contributed by atoms with E-state index in [9.17, 15) is 4.79 Å². The lowest BCUT2D eigenvalue weighted by molar-refractivity contribution is 0.417. The Morgan fingerprint density at radius 1 is 1.15 bits per heavy atom. The van der Waals surface area contributed by atoms with Crippen LogP contribution in [-0.2, 0) is 0 Å². The summed E-state index contributed by atoms with van der Waals surface area (Å²) in [5.74, 6) is 0.782. The number of benzene rings is 2. The van der Waals surface area contributed by atoms with E-state index in [-0.39, 0.29) is 11.6 Å². The molecule has 0 aliphatic carbocycles. The Bertz CT molecular complexity index is 1140. The van der Waals surface area contributed by atoms with Gasteiger partial charge in [-0.15, -0.1) is 11.3 Å². The Labute approximate surface area is 155 Å². The number of rotatable bonds is 4. The number of hydrogen-bond acceptors (Lipinski definition) is 4. The Morgan fingerprint density at radius 3 is 2.62 bits per heavy atom. The van der Waals surface area contributed by atoms with Crippen molar-refractivity contribution < 1.29 is 4.74 Å². The molecule has 0 unspecified atom stereocenters. The molecule has 3 N–H and O–H groups in total. The highest BCUT2D eigenvalue weighted by molar-refractivity contribution is 7.17. The molecule has 2 aromatic heterocycles. The molecule has 2 aromatic carbocycles. The number of hydrogen-bond donors (Lipinski definition) is 2. The number of nitrogens with one attached hydrogen (secondary N) is 1. The molecule has 0 aliphatic rings. The maximum absolute atomic E-state index is 12.3. The van der Waals surface area contributed by atoms with Gasteiger partial charge in [-0.05, 0) is 41.1 Å². The fourth-order valence-corrected chi connectivity index (χ4v) is 4.21. The van der Waals surface area contributed by atoms with E-state index in [1.807, 2.05) is 23.6 Å². The van der Waals surface area contributed by atoms with Crippen LogP contribution in [-0.4, -0.2) is 12.1 Å². The molecule has 26 heavy (non-hydrogen) atoms. The second-order valence-electron chi connectivity index (χ2n) is 6.32. The maximum Gasteiger partial charge on any atom is 0.266 e. The molecule has 0 bridgehead atoms. The third-order valence-corrected chi connectivity index (χ3v) is 5.76. The summed E-state index contributed by atoms with van der Waals surface area (Å²) < 4.78 is 6.38. The average molecular weight is 364 g/mol. The Morgan fingerprint density at radius 2 is 1.92 bits per heavy atom. The van der Waals surface area contributed by atoms with Crippen molar-refractivity contribution in [2.75, 3.05) is 7.11 Å². The van der Waals surface area contributed by atoms with Crippen LogP contribution in [0.15, 0.2) is 52.6 Å². The molecule has 0 saturated carbocycles. The third kappa shape index (κ3) is 2.60. The summed E-state index contributed by atoms with van der Waals surface area (Å²) in [7, 11) is 1.67. The van der Waals surface area contributed by atoms with Crippen LogP contribution in [0.1, 0.15) is 24.9 Å². The molecule has 5 heteroatoms. The summed E-state index contributed by atoms with van der Waals surface area (Å²) in [6.07, 6.45) is 0.897. The van der Waals surface area contributed by atoms with Crippen LogP contribution < -0.4 is 16.0 Å². The molecule has 0 fully saturated rings. The predicted octanol–water partition coefficient (Wildman–Crippen LogP) is 4.83. The highest BCUT2D eigenvalue weighted by Crippen LogP contribution is 2.40. The first-order valence-corrected chi connectivity index (χ1v) is 9.48. The number of H-pyrrole nitrogens is 1. The number of pyridine rings is 1. The van der Waals surface area contributed by atoms with E-state index in [0.717, 1.165) is 49.8 Å². The first kappa shape index (κ1) is 16.8. The average Bonchev–Trinajstić information content (AvgIpc) is 3.17. The zero-order chi connectivity index (χ0) is 18.3. The number of fused-ring (bicyclic) bond motifs is 3. The van der Waals surface area contributed by atoms with Crippen molar-refractivity contribution in [3.05, 3.63) is 63.8 Å². The molecule has 4 aromatic rings. The molecule has 0 amide bonds. The minimum absolute atomic E-state index is 0.0402. The van der Waals surface area contributed by atoms with Crippen LogP contribution in [0.3, 0.4) is 0 Å². The smallest absolute Gasteiger partial charge is 0.266 e. The summed E-state index contributed by atoms with van der Waals surface area (Å²) in [5, 5.41) is 3.91. The summed E-state index contributed by atoms with van der Waals surface area (Å²) >= 11 is 1.45. The Kier molecular flexibility index (Phi) is 4.26. The summed E-state index contributed by atoms with van der Waals surface area (Å²) in [6.45, 7) is 2.08. The fourth-order valence-electron chi connectivity index (χ4n) is 3.42. The molecule has 4 nitrogen and oxygen atoms in total. The molecule has 0 radical (unpaired) electrons. The highest BCUT2D eigenvalue weighted by atomic mass is 32.1. The maximum atomic E-state index is 12.3. The van der Waals surface area contributed by atoms with Crippen LogP contribution in [0.4, 0.5) is 0 Å². The van der Waals surface area contributed by atoms with Crippen molar-refractivity contribution >= 4 is 32.3 Å². The van der Waals surface area contributed by atoms with Gasteiger partial charge in [-0.1, -0.05) is 31.2 Å². The van der Waals surface area contributed by atoms with Gasteiger partial charge in [0, 0.05) is 27.9 Å². The van der Waals surface area contributed by atoms with Crippen LogP contribution >= 0.6 is 11.3 Å². The Balaban J connectivity index is 2.04. The minimum Gasteiger partial charge on any atom is -0.496 e. The quantitative estimate of drug-likeness (QED) is 0.545. The van der Waals surface area contributed by atoms with Crippen molar-refractivity contribution in [3.63, 3.8) is 0 Å². The molecule has 0 aliphatic heterocycles. The van der Waals surface area contributed by atoms with E-state index in [1.54, 1.807) is 7.11 Å². The third-order valence-electron chi connectivity index (χ3n) is 4.84. The van der Waals surface area contributed by atoms with Crippen molar-refractivity contribution in [1.29, 1.82) is 0 Å². The first-order valence-electron chi connectivity index (χ1n) is 8.60. The lowest BCUT2D eigenvalue weighted by atomic mass is 9.95. The largest absolute Gasteiger partial charge is 0.496 e. The predicted molar refractivity (Wildman–Crippen MR) is 109 cm³/mol. The summed E-state index contributed by atoms with van der Waals surface area (Å²) in [5.41, 5.74) is 10.0. The van der Waals surface area contributed by atoms with Gasteiger partial charge in [0.05, 0.1) is 7.11 Å². The summed E-state index contributed by atoms with van der Waals surface area (Å²) in [6, 6.07) is 14.1. The standard InChI is InChI=1S/C21H20N2O2S/c1-3-15(22)12-4-6-13(7-5-12)18-17(25-2)9-8-16-19(18)14-10-11-26-20(14)21(24)23-16/h4-11,15H,3,22H2,1-2H3,(H,23,24)/t15-/m0/s1. The number of ether oxygens (including phenoxy) is 1. The van der Waals surface area contributed by atoms with Crippen molar-refractivity contribution in [2.45, 2.75) is 19.4 Å². The van der Waals surface area contributed by atoms with E-state index >= 15 is 0 Å². The first-order chi connectivity index (χ1) is 12.6. The molecule has 1 atom stereocenters. The second kappa shape index (κ2) is 6.59. The molecule has 2 heterocycles. The number of aromatic amines is 1. The lowest BCUT2D eigenvalue weighted by Gasteiger charge is -2.15. The molecular formula is C21H20N2O2S. The van der Waals surface area contributed by atoms with E-state index in [2.05, 4.69) is 36.2 Å². The van der Waals surface area contributed by atoms with E-state index < -0.39 is 0 Å². The van der Waals surface area contributed by atoms with E-state index in [0.29, 0.717) is 0 Å². The minimum atomic E-state index is -0.0529. The molecule has 4 rings (SSSR count). The van der Waals surface area contributed by atoms with Gasteiger partial charge in [0.2, 0.25) is 0 Å². The van der Waals surface area contributed by atoms with Gasteiger partial charge in [-0.3, -0.25) is 4.79 Å². The van der Waals surface area contributed by atoms with Crippen LogP contribution in [0.2, 0.25) is 0 Å². The van der Waals surface area contributed by atoms with Crippen LogP contribution in [0.5, 0.6) is 5.75 Å². The lowest BCUT2D eigenvalue weighted by Crippen LogP contribution is -2.08. The SMILES string of the molecule is CC[C@H](N)c1ccc(-c2c(OC)ccc3[nH]c(=O)c4sccc4c23)cc1. The fraction of sp³-hybridized carbons (Fsp3) is 0.190. The van der Waals surface area contributed by atoms with Crippen LogP contribution in [0, 0.1) is 0 Å². The van der Waals surface area contributed by atoms with Crippen molar-refractivity contribution in [3.8, 4) is 16.9 Å². The normalized spacial score (nSPS) is 12.6. The van der Waals surface area contributed by atoms with E-state index in [1.165, 1.54) is 11.3 Å². The van der Waals surface area contributed by atoms with Gasteiger partial charge in [0.25, 0.3) is 5.56 Å². The second-order valence-corrected chi connectivity index (χ2v) is 7.24. The number of thiophene rings is 1. The summed E-state index contributed by atoms with van der Waals surface area (Å²) in [4.78, 5) is 15.3. The van der Waals surface area contributed by atoms with Gasteiger partial charge >= 0.3 is 0 Å². The molecule has 132 valence electrons. The topological polar surface area (TPSA) is 68.1 Å². The van der Waals surface area contributed by atoms with E-state index in [4.69, 9.17) is 10.5 Å². The Hall–Kier alpha value is -2.63. The molecule has 0 spiro atoms. The van der Waals surface area contributed by atoms with Gasteiger partial charge < -0.3 is 15.5 Å². The van der Waals surface area contributed by atoms with Crippen LogP contribution in [0.25, 0.3) is 32.1 Å². The van der Waals surface area contributed by atoms with Gasteiger partial charge in [0.15, 0.2) is 0 Å². The molecular weight excluding hydrogens is 344 g/mol. The van der Waals surface area contributed by atoms with Gasteiger partial charge in [0.1, 0.15) is 10.4 Å². The van der Waals surface area contributed by atoms with Gasteiger partial charge in [-0.2, -0.15) is 0 Å². The number of methoxy groups -OCH3 is 1.